The quantitative estimate of drug-likeness (QED) is 0.504. The molecule has 7 nitrogen and oxygen atoms in total. The van der Waals surface area contributed by atoms with E-state index in [2.05, 4.69) is 10.6 Å². The molecule has 0 radical (unpaired) electrons. The lowest BCUT2D eigenvalue weighted by atomic mass is 10.2. The summed E-state index contributed by atoms with van der Waals surface area (Å²) in [6.07, 6.45) is 0.613. The van der Waals surface area contributed by atoms with Gasteiger partial charge in [-0.15, -0.1) is 0 Å². The van der Waals surface area contributed by atoms with E-state index in [1.54, 1.807) is 36.4 Å². The molecule has 0 aliphatic carbocycles. The van der Waals surface area contributed by atoms with E-state index < -0.39 is 15.9 Å². The molecular weight excluding hydrogens is 462 g/mol. The van der Waals surface area contributed by atoms with Crippen molar-refractivity contribution in [3.05, 3.63) is 94.5 Å². The number of carbonyl (C=O) groups excluding carboxylic acids is 2. The van der Waals surface area contributed by atoms with Crippen LogP contribution in [0.25, 0.3) is 0 Å². The number of carbonyl (C=O) groups is 2. The van der Waals surface area contributed by atoms with Gasteiger partial charge in [-0.3, -0.25) is 13.9 Å². The van der Waals surface area contributed by atoms with Crippen molar-refractivity contribution in [2.75, 3.05) is 23.9 Å². The van der Waals surface area contributed by atoms with Crippen LogP contribution in [0.5, 0.6) is 0 Å². The monoisotopic (exact) mass is 483 g/mol. The Labute approximate surface area is 197 Å². The molecule has 0 saturated heterocycles. The van der Waals surface area contributed by atoms with E-state index in [1.807, 2.05) is 18.2 Å². The third-order valence-corrected chi connectivity index (χ3v) is 7.63. The fraction of sp³-hybridized carbons (Fsp3) is 0.167. The number of hydrogen-bond acceptors (Lipinski definition) is 4. The maximum Gasteiger partial charge on any atom is 0.265 e. The van der Waals surface area contributed by atoms with Gasteiger partial charge in [0, 0.05) is 30.8 Å². The van der Waals surface area contributed by atoms with Crippen molar-refractivity contribution in [2.24, 2.45) is 0 Å². The number of rotatable bonds is 7. The summed E-state index contributed by atoms with van der Waals surface area (Å²) in [7, 11) is -3.94. The molecule has 0 saturated carbocycles. The summed E-state index contributed by atoms with van der Waals surface area (Å²) in [4.78, 5) is 24.5. The smallest absolute Gasteiger partial charge is 0.265 e. The van der Waals surface area contributed by atoms with Crippen LogP contribution < -0.4 is 14.9 Å². The third kappa shape index (κ3) is 4.86. The van der Waals surface area contributed by atoms with Crippen LogP contribution in [0.3, 0.4) is 0 Å². The topological polar surface area (TPSA) is 95.6 Å². The van der Waals surface area contributed by atoms with E-state index in [1.165, 1.54) is 22.5 Å². The van der Waals surface area contributed by atoms with Crippen LogP contribution in [0.15, 0.2) is 77.7 Å². The van der Waals surface area contributed by atoms with Crippen molar-refractivity contribution in [1.82, 2.24) is 10.6 Å². The van der Waals surface area contributed by atoms with Crippen LogP contribution in [-0.2, 0) is 16.4 Å². The fourth-order valence-corrected chi connectivity index (χ4v) is 5.67. The number of fused-ring (bicyclic) bond motifs is 1. The number of anilines is 1. The highest BCUT2D eigenvalue weighted by atomic mass is 35.5. The summed E-state index contributed by atoms with van der Waals surface area (Å²) < 4.78 is 28.0. The molecule has 0 spiro atoms. The summed E-state index contributed by atoms with van der Waals surface area (Å²) in [5.74, 6) is -0.700. The van der Waals surface area contributed by atoms with Crippen molar-refractivity contribution in [1.29, 1.82) is 0 Å². The number of nitrogens with one attached hydrogen (secondary N) is 2. The van der Waals surface area contributed by atoms with Gasteiger partial charge < -0.3 is 10.6 Å². The van der Waals surface area contributed by atoms with Gasteiger partial charge in [-0.25, -0.2) is 8.42 Å². The fourth-order valence-electron chi connectivity index (χ4n) is 3.66. The first-order valence-corrected chi connectivity index (χ1v) is 12.2. The molecule has 0 fully saturated rings. The van der Waals surface area contributed by atoms with Gasteiger partial charge in [0.15, 0.2) is 0 Å². The van der Waals surface area contributed by atoms with E-state index in [9.17, 15) is 18.0 Å². The van der Waals surface area contributed by atoms with E-state index >= 15 is 0 Å². The first kappa shape index (κ1) is 22.8. The Morgan fingerprint density at radius 2 is 1.48 bits per heavy atom. The predicted molar refractivity (Wildman–Crippen MR) is 127 cm³/mol. The summed E-state index contributed by atoms with van der Waals surface area (Å²) in [6, 6.07) is 20.2. The molecule has 170 valence electrons. The number of nitrogens with zero attached hydrogens (tertiary/aromatic N) is 1. The molecular formula is C24H22ClN3O4S. The largest absolute Gasteiger partial charge is 0.350 e. The Morgan fingerprint density at radius 3 is 2.21 bits per heavy atom. The Bertz CT molecular complexity index is 1300. The van der Waals surface area contributed by atoms with Crippen LogP contribution in [-0.4, -0.2) is 39.9 Å². The molecule has 4 rings (SSSR count). The van der Waals surface area contributed by atoms with Gasteiger partial charge in [-0.2, -0.15) is 0 Å². The molecule has 1 heterocycles. The maximum absolute atomic E-state index is 13.3. The van der Waals surface area contributed by atoms with Crippen molar-refractivity contribution in [2.45, 2.75) is 11.3 Å². The third-order valence-electron chi connectivity index (χ3n) is 5.34. The molecule has 0 atom stereocenters. The van der Waals surface area contributed by atoms with Crippen molar-refractivity contribution in [3.63, 3.8) is 0 Å². The van der Waals surface area contributed by atoms with Crippen LogP contribution in [0, 0.1) is 0 Å². The van der Waals surface area contributed by atoms with Crippen LogP contribution >= 0.6 is 11.6 Å². The van der Waals surface area contributed by atoms with Gasteiger partial charge in [-0.05, 0) is 48.4 Å². The number of amides is 2. The second-order valence-corrected chi connectivity index (χ2v) is 9.72. The summed E-state index contributed by atoms with van der Waals surface area (Å²) in [5.41, 5.74) is 2.26. The first-order chi connectivity index (χ1) is 15.9. The van der Waals surface area contributed by atoms with Crippen molar-refractivity contribution in [3.8, 4) is 0 Å². The highest BCUT2D eigenvalue weighted by Crippen LogP contribution is 2.35. The van der Waals surface area contributed by atoms with Gasteiger partial charge in [0.05, 0.1) is 10.7 Å². The van der Waals surface area contributed by atoms with Gasteiger partial charge in [-0.1, -0.05) is 48.0 Å². The molecule has 0 unspecified atom stereocenters. The Kier molecular flexibility index (Phi) is 6.67. The minimum Gasteiger partial charge on any atom is -0.350 e. The second-order valence-electron chi connectivity index (χ2n) is 7.48. The number of hydrogen-bond donors (Lipinski definition) is 2. The van der Waals surface area contributed by atoms with Gasteiger partial charge in [0.2, 0.25) is 0 Å². The molecule has 1 aliphatic rings. The van der Waals surface area contributed by atoms with Gasteiger partial charge in [0.25, 0.3) is 21.8 Å². The van der Waals surface area contributed by atoms with Crippen LogP contribution in [0.4, 0.5) is 5.69 Å². The zero-order valence-electron chi connectivity index (χ0n) is 17.6. The number of benzene rings is 3. The average Bonchev–Trinajstić information content (AvgIpc) is 3.27. The van der Waals surface area contributed by atoms with E-state index in [0.717, 1.165) is 5.56 Å². The molecule has 2 amide bonds. The standard InChI is InChI=1S/C24H22ClN3O4S/c25-20-11-10-19(24(30)27-14-13-26-23(29)18-7-2-1-3-8-18)16-22(20)33(31,32)28-15-12-17-6-4-5-9-21(17)28/h1-11,16H,12-15H2,(H,26,29)(H,27,30). The molecule has 3 aromatic carbocycles. The van der Waals surface area contributed by atoms with Crippen molar-refractivity contribution >= 4 is 39.1 Å². The average molecular weight is 484 g/mol. The van der Waals surface area contributed by atoms with Gasteiger partial charge in [0.1, 0.15) is 4.90 Å². The number of halogens is 1. The summed E-state index contributed by atoms with van der Waals surface area (Å²) >= 11 is 6.23. The Balaban J connectivity index is 1.43. The minimum absolute atomic E-state index is 0.0473. The van der Waals surface area contributed by atoms with Crippen LogP contribution in [0.1, 0.15) is 26.3 Å². The Morgan fingerprint density at radius 1 is 0.848 bits per heavy atom. The zero-order valence-corrected chi connectivity index (χ0v) is 19.2. The SMILES string of the molecule is O=C(NCCNC(=O)c1ccc(Cl)c(S(=O)(=O)N2CCc3ccccc32)c1)c1ccccc1. The lowest BCUT2D eigenvalue weighted by molar-refractivity contribution is 0.0927. The lowest BCUT2D eigenvalue weighted by Crippen LogP contribution is -2.35. The molecule has 0 bridgehead atoms. The van der Waals surface area contributed by atoms with Crippen molar-refractivity contribution < 1.29 is 18.0 Å². The van der Waals surface area contributed by atoms with Gasteiger partial charge >= 0.3 is 0 Å². The van der Waals surface area contributed by atoms with E-state index in [4.69, 9.17) is 11.6 Å². The molecule has 1 aliphatic heterocycles. The summed E-state index contributed by atoms with van der Waals surface area (Å²) in [6.45, 7) is 0.722. The zero-order chi connectivity index (χ0) is 23.4. The molecule has 3 aromatic rings. The summed E-state index contributed by atoms with van der Waals surface area (Å²) in [5, 5.41) is 5.45. The Hall–Kier alpha value is -3.36. The highest BCUT2D eigenvalue weighted by molar-refractivity contribution is 7.93. The van der Waals surface area contributed by atoms with E-state index in [-0.39, 0.29) is 34.5 Å². The molecule has 0 aromatic heterocycles. The molecule has 9 heteroatoms. The lowest BCUT2D eigenvalue weighted by Gasteiger charge is -2.20. The number of sulfonamides is 1. The predicted octanol–water partition coefficient (Wildman–Crippen LogP) is 3.25. The van der Waals surface area contributed by atoms with E-state index in [0.29, 0.717) is 24.2 Å². The second kappa shape index (κ2) is 9.64. The molecule has 33 heavy (non-hydrogen) atoms. The molecule has 2 N–H and O–H groups in total. The first-order valence-electron chi connectivity index (χ1n) is 10.4. The highest BCUT2D eigenvalue weighted by Gasteiger charge is 2.32. The van der Waals surface area contributed by atoms with Crippen LogP contribution in [0.2, 0.25) is 5.02 Å². The number of para-hydroxylation sites is 1. The maximum atomic E-state index is 13.3. The minimum atomic E-state index is -3.94. The normalized spacial score (nSPS) is 12.8.